The van der Waals surface area contributed by atoms with E-state index in [1.807, 2.05) is 50.2 Å². The lowest BCUT2D eigenvalue weighted by Crippen LogP contribution is -2.50. The number of ether oxygens (including phenoxy) is 4. The fraction of sp³-hybridized carbons (Fsp3) is 0.329. The first-order valence-electron chi connectivity index (χ1n) is 32.2. The fourth-order valence-corrected chi connectivity index (χ4v) is 9.49. The quantitative estimate of drug-likeness (QED) is 0.00906. The number of primary amides is 1. The summed E-state index contributed by atoms with van der Waals surface area (Å²) in [5.74, 6) is -4.42. The monoisotopic (exact) mass is 1360 g/mol. The molecule has 0 aliphatic rings. The number of carbonyl (C=O) groups excluding carboxylic acids is 6. The first kappa shape index (κ1) is 78.3. The van der Waals surface area contributed by atoms with Crippen molar-refractivity contribution in [2.45, 2.75) is 92.3 Å². The Morgan fingerprint density at radius 2 is 0.909 bits per heavy atom. The number of amides is 5. The molecule has 0 radical (unpaired) electrons. The van der Waals surface area contributed by atoms with Crippen molar-refractivity contribution < 1.29 is 67.1 Å². The molecule has 0 aliphatic carbocycles. The summed E-state index contributed by atoms with van der Waals surface area (Å²) in [5, 5.41) is 6.83. The number of rotatable bonds is 37. The molecular formula is C73H89N9O17. The van der Waals surface area contributed by atoms with Gasteiger partial charge in [-0.2, -0.15) is 0 Å². The first-order valence-corrected chi connectivity index (χ1v) is 32.2. The van der Waals surface area contributed by atoms with Gasteiger partial charge in [-0.15, -0.1) is 14.2 Å². The van der Waals surface area contributed by atoms with E-state index in [1.165, 1.54) is 100 Å². The van der Waals surface area contributed by atoms with E-state index in [1.54, 1.807) is 84.9 Å². The minimum Gasteiger partial charge on any atom is -0.493 e. The Balaban J connectivity index is 0.00000344. The number of hydrogen-bond donors (Lipinski definition) is 3. The highest BCUT2D eigenvalue weighted by Crippen LogP contribution is 2.19. The molecule has 528 valence electrons. The number of pyridine rings is 3. The van der Waals surface area contributed by atoms with Crippen LogP contribution in [0.2, 0.25) is 0 Å². The molecule has 0 aliphatic heterocycles. The topological polar surface area (TPSA) is 302 Å². The van der Waals surface area contributed by atoms with Gasteiger partial charge in [-0.3, -0.25) is 53.1 Å². The zero-order valence-corrected chi connectivity index (χ0v) is 57.4. The molecule has 0 spiro atoms. The van der Waals surface area contributed by atoms with Crippen LogP contribution in [0.3, 0.4) is 0 Å². The lowest BCUT2D eigenvalue weighted by molar-refractivity contribution is -0.142. The number of allylic oxidation sites excluding steroid dienone is 3. The van der Waals surface area contributed by atoms with Crippen LogP contribution in [0.4, 0.5) is 0 Å². The predicted octanol–water partition coefficient (Wildman–Crippen LogP) is 6.75. The van der Waals surface area contributed by atoms with E-state index < -0.39 is 52.3 Å². The lowest BCUT2D eigenvalue weighted by atomic mass is 10.1. The molecule has 26 heteroatoms. The molecule has 3 heterocycles. The molecule has 99 heavy (non-hydrogen) atoms. The number of aromatic nitrogens is 3. The molecule has 3 aromatic heterocycles. The largest absolute Gasteiger partial charge is 0.493 e. The highest BCUT2D eigenvalue weighted by Gasteiger charge is 2.33. The molecule has 7 aromatic rings. The highest BCUT2D eigenvalue weighted by molar-refractivity contribution is 5.96. The van der Waals surface area contributed by atoms with Crippen LogP contribution in [0.25, 0.3) is 0 Å². The van der Waals surface area contributed by atoms with Gasteiger partial charge in [-0.05, 0) is 96.5 Å². The van der Waals surface area contributed by atoms with E-state index in [2.05, 4.69) is 24.5 Å². The number of methoxy groups -OCH3 is 4. The van der Waals surface area contributed by atoms with E-state index in [0.717, 1.165) is 24.7 Å². The number of hydroxylamine groups is 2. The van der Waals surface area contributed by atoms with Crippen molar-refractivity contribution in [3.63, 3.8) is 0 Å². The summed E-state index contributed by atoms with van der Waals surface area (Å²) in [6.45, 7) is 7.22. The number of likely N-dealkylation sites (N-methyl/N-ethyl adjacent to an activating group) is 1. The smallest absolute Gasteiger partial charge is 0.325 e. The molecular weight excluding hydrogens is 1270 g/mol. The molecule has 5 amide bonds. The molecule has 1 atom stereocenters. The van der Waals surface area contributed by atoms with E-state index in [0.29, 0.717) is 23.0 Å². The Morgan fingerprint density at radius 1 is 0.515 bits per heavy atom. The molecule has 26 nitrogen and oxygen atoms in total. The van der Waals surface area contributed by atoms with Crippen LogP contribution in [0.15, 0.2) is 196 Å². The molecule has 7 rings (SSSR count). The normalized spacial score (nSPS) is 11.2. The van der Waals surface area contributed by atoms with E-state index in [-0.39, 0.29) is 131 Å². The fourth-order valence-electron chi connectivity index (χ4n) is 9.49. The van der Waals surface area contributed by atoms with Crippen molar-refractivity contribution in [2.75, 3.05) is 68.2 Å². The number of nitrogens with zero attached hydrogens (tertiary/aromatic N) is 6. The molecule has 0 saturated heterocycles. The van der Waals surface area contributed by atoms with Gasteiger partial charge >= 0.3 is 16.7 Å². The average molecular weight is 1360 g/mol. The van der Waals surface area contributed by atoms with Crippen LogP contribution in [0.1, 0.15) is 114 Å². The molecule has 0 fully saturated rings. The maximum absolute atomic E-state index is 15.2. The summed E-state index contributed by atoms with van der Waals surface area (Å²) in [7, 11) is 6.67. The Hall–Kier alpha value is -11.4. The number of aldehydes is 1. The lowest BCUT2D eigenvalue weighted by Gasteiger charge is -2.31. The van der Waals surface area contributed by atoms with Crippen molar-refractivity contribution in [3.8, 4) is 17.2 Å². The van der Waals surface area contributed by atoms with E-state index in [4.69, 9.17) is 44.0 Å². The van der Waals surface area contributed by atoms with Crippen LogP contribution in [-0.2, 0) is 50.4 Å². The molecule has 0 saturated carbocycles. The van der Waals surface area contributed by atoms with Crippen molar-refractivity contribution in [3.05, 3.63) is 252 Å². The summed E-state index contributed by atoms with van der Waals surface area (Å²) in [6, 6.07) is 42.3. The number of hydrogen-bond acceptors (Lipinski definition) is 18. The van der Waals surface area contributed by atoms with Gasteiger partial charge in [0.05, 0.1) is 35.0 Å². The van der Waals surface area contributed by atoms with Crippen molar-refractivity contribution in [1.29, 1.82) is 0 Å². The third-order valence-corrected chi connectivity index (χ3v) is 14.5. The zero-order chi connectivity index (χ0) is 72.1. The van der Waals surface area contributed by atoms with E-state index >= 15 is 9.59 Å². The van der Waals surface area contributed by atoms with Crippen LogP contribution in [0, 0.1) is 0 Å². The van der Waals surface area contributed by atoms with Gasteiger partial charge < -0.3 is 59.6 Å². The Morgan fingerprint density at radius 3 is 1.33 bits per heavy atom. The number of carbonyl (C=O) groups is 6. The Labute approximate surface area is 575 Å². The second-order valence-corrected chi connectivity index (χ2v) is 21.4. The summed E-state index contributed by atoms with van der Waals surface area (Å²) >= 11 is 0. The summed E-state index contributed by atoms with van der Waals surface area (Å²) < 4.78 is 23.4. The van der Waals surface area contributed by atoms with Crippen molar-refractivity contribution in [2.24, 2.45) is 5.73 Å². The third kappa shape index (κ3) is 23.4. The highest BCUT2D eigenvalue weighted by atomic mass is 16.7. The third-order valence-electron chi connectivity index (χ3n) is 14.5. The van der Waals surface area contributed by atoms with Crippen LogP contribution in [-0.4, -0.2) is 139 Å². The second kappa shape index (κ2) is 42.2. The molecule has 1 unspecified atom stereocenters. The minimum atomic E-state index is -1.47. The van der Waals surface area contributed by atoms with Gasteiger partial charge in [-0.25, -0.2) is 0 Å². The van der Waals surface area contributed by atoms with Gasteiger partial charge in [0.2, 0.25) is 5.91 Å². The van der Waals surface area contributed by atoms with Crippen molar-refractivity contribution >= 4 is 35.8 Å². The molecule has 0 bridgehead atoms. The standard InChI is InChI=1S/C68H75N9O17.C3H8.C2H6/c1-72(91-44-48-21-10-6-11-22-48)54(31-30-52(43-78)87-2)62(80)70-38-19-41-73(64(82)56-33-36-59(89-4)67(85)76(56)93-46-50-25-14-8-15-26-50)40-18-29-53(61(69)79)74(65(83)57-34-37-60(90-5)68(86)77(57)94-47-51-27-16-9-17-28-51)42-20-39-71-63(81)55-32-35-58(88-3)66(84)75(55)92-45-49-23-12-7-13-24-49;1-3-2;1-2/h6-17,21-28,30-37,43,53H,18-20,29,38-42,44-47H2,1-5H3,(H2,69,79)(H,70,80)(H,71,81);3H2,1-2H3;1-2H3/b52-30+,54-31-;;. The van der Waals surface area contributed by atoms with Crippen LogP contribution >= 0.6 is 0 Å². The summed E-state index contributed by atoms with van der Waals surface area (Å²) in [6.07, 6.45) is 4.16. The van der Waals surface area contributed by atoms with Gasteiger partial charge in [0.25, 0.3) is 23.6 Å². The van der Waals surface area contributed by atoms with Gasteiger partial charge in [-0.1, -0.05) is 155 Å². The first-order chi connectivity index (χ1) is 48.0. The van der Waals surface area contributed by atoms with Crippen LogP contribution in [0.5, 0.6) is 17.2 Å². The minimum absolute atomic E-state index is 0.0150. The SMILES string of the molecule is CC.CCC.CO/C(C=O)=C/C=C(/C(=O)NCCCN(CCCC(C(N)=O)N(CCCNC(=O)c1ccc(OC)c(=O)n1OCc1ccccc1)C(=O)c1ccc(OC)c(=O)n1OCc1ccccc1)C(=O)c1ccc(OC)c(=O)n1OCc1ccccc1)N(C)OCc1ccccc1. The van der Waals surface area contributed by atoms with Crippen molar-refractivity contribution in [1.82, 2.24) is 39.7 Å². The Kier molecular flexibility index (Phi) is 33.4. The molecule has 4 N–H and O–H groups in total. The molecule has 4 aromatic carbocycles. The van der Waals surface area contributed by atoms with Gasteiger partial charge in [0, 0.05) is 39.8 Å². The summed E-state index contributed by atoms with van der Waals surface area (Å²) in [4.78, 5) is 152. The maximum atomic E-state index is 15.2. The number of nitrogens with two attached hydrogens (primary N) is 1. The van der Waals surface area contributed by atoms with Gasteiger partial charge in [0.15, 0.2) is 29.3 Å². The average Bonchev–Trinajstić information content (AvgIpc) is 0.827. The second-order valence-electron chi connectivity index (χ2n) is 21.4. The summed E-state index contributed by atoms with van der Waals surface area (Å²) in [5.41, 5.74) is 5.97. The number of benzene rings is 4. The Bertz CT molecular complexity index is 3960. The van der Waals surface area contributed by atoms with Gasteiger partial charge in [0.1, 0.15) is 48.6 Å². The zero-order valence-electron chi connectivity index (χ0n) is 57.4. The van der Waals surface area contributed by atoms with E-state index in [9.17, 15) is 33.6 Å². The van der Waals surface area contributed by atoms with Crippen LogP contribution < -0.4 is 61.8 Å². The maximum Gasteiger partial charge on any atom is 0.325 e. The number of nitrogens with one attached hydrogen (secondary N) is 2. The predicted molar refractivity (Wildman–Crippen MR) is 371 cm³/mol.